The Balaban J connectivity index is 2.87. The van der Waals surface area contributed by atoms with Gasteiger partial charge in [0.25, 0.3) is 5.91 Å². The molecule has 1 amide bonds. The second-order valence-corrected chi connectivity index (χ2v) is 4.14. The van der Waals surface area contributed by atoms with Gasteiger partial charge in [0, 0.05) is 11.6 Å². The number of rotatable bonds is 5. The van der Waals surface area contributed by atoms with E-state index in [2.05, 4.69) is 5.32 Å². The lowest BCUT2D eigenvalue weighted by Gasteiger charge is -2.11. The third-order valence-electron chi connectivity index (χ3n) is 2.31. The highest BCUT2D eigenvalue weighted by molar-refractivity contribution is 6.31. The first-order chi connectivity index (χ1) is 8.45. The van der Waals surface area contributed by atoms with E-state index in [1.54, 1.807) is 13.0 Å². The monoisotopic (exact) mass is 271 g/mol. The van der Waals surface area contributed by atoms with Gasteiger partial charge in [0.15, 0.2) is 0 Å². The first-order valence-electron chi connectivity index (χ1n) is 5.30. The van der Waals surface area contributed by atoms with E-state index in [0.29, 0.717) is 16.3 Å². The van der Waals surface area contributed by atoms with Crippen LogP contribution in [-0.4, -0.2) is 30.6 Å². The van der Waals surface area contributed by atoms with Gasteiger partial charge in [-0.3, -0.25) is 9.59 Å². The summed E-state index contributed by atoms with van der Waals surface area (Å²) < 4.78 is 5.14. The van der Waals surface area contributed by atoms with Crippen molar-refractivity contribution in [2.45, 2.75) is 13.3 Å². The van der Waals surface area contributed by atoms with E-state index in [1.165, 1.54) is 13.2 Å². The van der Waals surface area contributed by atoms with E-state index in [1.807, 2.05) is 0 Å². The fourth-order valence-electron chi connectivity index (χ4n) is 1.55. The molecule has 1 rings (SSSR count). The number of carbonyl (C=O) groups excluding carboxylic acids is 1. The number of hydrogen-bond acceptors (Lipinski definition) is 3. The molecule has 0 unspecified atom stereocenters. The number of aliphatic carboxylic acids is 1. The molecule has 0 radical (unpaired) electrons. The van der Waals surface area contributed by atoms with E-state index in [-0.39, 0.29) is 13.0 Å². The quantitative estimate of drug-likeness (QED) is 0.857. The Kier molecular flexibility index (Phi) is 4.97. The Bertz CT molecular complexity index is 473. The predicted octanol–water partition coefficient (Wildman–Crippen LogP) is 1.86. The zero-order valence-corrected chi connectivity index (χ0v) is 10.9. The molecule has 0 spiro atoms. The SMILES string of the molecule is COc1c(C)cc(Cl)cc1C(=O)NCCC(=O)O. The summed E-state index contributed by atoms with van der Waals surface area (Å²) in [7, 11) is 1.46. The van der Waals surface area contributed by atoms with Crippen molar-refractivity contribution in [2.24, 2.45) is 0 Å². The minimum atomic E-state index is -0.968. The molecule has 0 bridgehead atoms. The molecule has 5 nitrogen and oxygen atoms in total. The molecule has 0 atom stereocenters. The van der Waals surface area contributed by atoms with Crippen molar-refractivity contribution in [1.29, 1.82) is 0 Å². The van der Waals surface area contributed by atoms with E-state index in [0.717, 1.165) is 5.56 Å². The van der Waals surface area contributed by atoms with Crippen molar-refractivity contribution in [3.8, 4) is 5.75 Å². The third-order valence-corrected chi connectivity index (χ3v) is 2.53. The van der Waals surface area contributed by atoms with Crippen LogP contribution in [-0.2, 0) is 4.79 Å². The Morgan fingerprint density at radius 2 is 2.11 bits per heavy atom. The highest BCUT2D eigenvalue weighted by Gasteiger charge is 2.15. The number of carboxylic acid groups (broad SMARTS) is 1. The van der Waals surface area contributed by atoms with Gasteiger partial charge in [0.1, 0.15) is 5.75 Å². The van der Waals surface area contributed by atoms with Crippen LogP contribution in [0, 0.1) is 6.92 Å². The van der Waals surface area contributed by atoms with Crippen LogP contribution >= 0.6 is 11.6 Å². The lowest BCUT2D eigenvalue weighted by molar-refractivity contribution is -0.136. The molecular weight excluding hydrogens is 258 g/mol. The van der Waals surface area contributed by atoms with Gasteiger partial charge in [0.2, 0.25) is 0 Å². The molecule has 0 fully saturated rings. The summed E-state index contributed by atoms with van der Waals surface area (Å²) in [6.07, 6.45) is -0.131. The average molecular weight is 272 g/mol. The van der Waals surface area contributed by atoms with Gasteiger partial charge >= 0.3 is 5.97 Å². The van der Waals surface area contributed by atoms with Gasteiger partial charge in [-0.15, -0.1) is 0 Å². The van der Waals surface area contributed by atoms with E-state index < -0.39 is 11.9 Å². The molecule has 0 heterocycles. The van der Waals surface area contributed by atoms with Gasteiger partial charge in [0.05, 0.1) is 19.1 Å². The van der Waals surface area contributed by atoms with Crippen molar-refractivity contribution in [3.05, 3.63) is 28.3 Å². The fourth-order valence-corrected chi connectivity index (χ4v) is 1.82. The molecule has 0 saturated carbocycles. The Morgan fingerprint density at radius 3 is 2.67 bits per heavy atom. The number of carboxylic acids is 1. The molecule has 1 aromatic carbocycles. The lowest BCUT2D eigenvalue weighted by atomic mass is 10.1. The second-order valence-electron chi connectivity index (χ2n) is 3.70. The second kappa shape index (κ2) is 6.26. The summed E-state index contributed by atoms with van der Waals surface area (Å²) in [5, 5.41) is 11.4. The van der Waals surface area contributed by atoms with Gasteiger partial charge in [-0.2, -0.15) is 0 Å². The van der Waals surface area contributed by atoms with Crippen molar-refractivity contribution < 1.29 is 19.4 Å². The summed E-state index contributed by atoms with van der Waals surface area (Å²) in [5.41, 5.74) is 1.04. The van der Waals surface area contributed by atoms with E-state index >= 15 is 0 Å². The molecule has 6 heteroatoms. The first kappa shape index (κ1) is 14.3. The van der Waals surface area contributed by atoms with Crippen molar-refractivity contribution in [1.82, 2.24) is 5.32 Å². The van der Waals surface area contributed by atoms with Gasteiger partial charge in [-0.1, -0.05) is 11.6 Å². The van der Waals surface area contributed by atoms with Crippen LogP contribution in [0.15, 0.2) is 12.1 Å². The molecule has 0 aliphatic heterocycles. The van der Waals surface area contributed by atoms with Crippen LogP contribution in [0.3, 0.4) is 0 Å². The maximum absolute atomic E-state index is 11.9. The van der Waals surface area contributed by atoms with Crippen molar-refractivity contribution in [3.63, 3.8) is 0 Å². The summed E-state index contributed by atoms with van der Waals surface area (Å²) in [4.78, 5) is 22.2. The number of carbonyl (C=O) groups is 2. The van der Waals surface area contributed by atoms with Gasteiger partial charge in [-0.05, 0) is 24.6 Å². The summed E-state index contributed by atoms with van der Waals surface area (Å²) in [6, 6.07) is 3.18. The summed E-state index contributed by atoms with van der Waals surface area (Å²) in [6.45, 7) is 1.83. The normalized spacial score (nSPS) is 9.94. The standard InChI is InChI=1S/C12H14ClNO4/c1-7-5-8(13)6-9(11(7)18-2)12(17)14-4-3-10(15)16/h5-6H,3-4H2,1-2H3,(H,14,17)(H,15,16). The fraction of sp³-hybridized carbons (Fsp3) is 0.333. The minimum absolute atomic E-state index is 0.0584. The van der Waals surface area contributed by atoms with E-state index in [9.17, 15) is 9.59 Å². The first-order valence-corrected chi connectivity index (χ1v) is 5.67. The van der Waals surface area contributed by atoms with Crippen LogP contribution in [0.2, 0.25) is 5.02 Å². The number of hydrogen-bond donors (Lipinski definition) is 2. The lowest BCUT2D eigenvalue weighted by Crippen LogP contribution is -2.26. The Hall–Kier alpha value is -1.75. The van der Waals surface area contributed by atoms with Gasteiger partial charge in [-0.25, -0.2) is 0 Å². The summed E-state index contributed by atoms with van der Waals surface area (Å²) >= 11 is 5.88. The number of ether oxygens (including phenoxy) is 1. The van der Waals surface area contributed by atoms with E-state index in [4.69, 9.17) is 21.4 Å². The smallest absolute Gasteiger partial charge is 0.305 e. The molecule has 0 aromatic heterocycles. The zero-order valence-electron chi connectivity index (χ0n) is 10.1. The Labute approximate surface area is 110 Å². The molecule has 18 heavy (non-hydrogen) atoms. The maximum Gasteiger partial charge on any atom is 0.305 e. The molecule has 2 N–H and O–H groups in total. The highest BCUT2D eigenvalue weighted by atomic mass is 35.5. The predicted molar refractivity (Wildman–Crippen MR) is 67.3 cm³/mol. The molecule has 98 valence electrons. The molecule has 0 aliphatic rings. The van der Waals surface area contributed by atoms with Crippen LogP contribution < -0.4 is 10.1 Å². The van der Waals surface area contributed by atoms with Gasteiger partial charge < -0.3 is 15.2 Å². The van der Waals surface area contributed by atoms with Crippen molar-refractivity contribution in [2.75, 3.05) is 13.7 Å². The molecular formula is C12H14ClNO4. The van der Waals surface area contributed by atoms with Crippen LogP contribution in [0.4, 0.5) is 0 Å². The Morgan fingerprint density at radius 1 is 1.44 bits per heavy atom. The zero-order chi connectivity index (χ0) is 13.7. The number of nitrogens with one attached hydrogen (secondary N) is 1. The molecule has 1 aromatic rings. The molecule has 0 aliphatic carbocycles. The number of halogens is 1. The highest BCUT2D eigenvalue weighted by Crippen LogP contribution is 2.27. The number of aryl methyl sites for hydroxylation is 1. The summed E-state index contributed by atoms with van der Waals surface area (Å²) in [5.74, 6) is -0.935. The number of methoxy groups -OCH3 is 1. The van der Waals surface area contributed by atoms with Crippen LogP contribution in [0.5, 0.6) is 5.75 Å². The molecule has 0 saturated heterocycles. The number of amides is 1. The number of benzene rings is 1. The maximum atomic E-state index is 11.9. The average Bonchev–Trinajstić information content (AvgIpc) is 2.27. The largest absolute Gasteiger partial charge is 0.496 e. The van der Waals surface area contributed by atoms with Crippen molar-refractivity contribution >= 4 is 23.5 Å². The third kappa shape index (κ3) is 3.63. The topological polar surface area (TPSA) is 75.6 Å². The minimum Gasteiger partial charge on any atom is -0.496 e. The van der Waals surface area contributed by atoms with Crippen LogP contribution in [0.1, 0.15) is 22.3 Å². The van der Waals surface area contributed by atoms with Crippen LogP contribution in [0.25, 0.3) is 0 Å².